The van der Waals surface area contributed by atoms with Crippen LogP contribution in [0.5, 0.6) is 28.7 Å². The van der Waals surface area contributed by atoms with Gasteiger partial charge in [0.05, 0.1) is 21.3 Å². The highest BCUT2D eigenvalue weighted by molar-refractivity contribution is 5.95. The summed E-state index contributed by atoms with van der Waals surface area (Å²) in [6, 6.07) is 8.18. The number of phenolic OH excluding ortho intramolecular Hbond substituents is 2. The number of benzene rings is 2. The average Bonchev–Trinajstić information content (AvgIpc) is 2.62. The van der Waals surface area contributed by atoms with Crippen LogP contribution in [-0.2, 0) is 0 Å². The Kier molecular flexibility index (Phi) is 4.14. The summed E-state index contributed by atoms with van der Waals surface area (Å²) in [5.74, 6) is -0.508. The molecule has 0 radical (unpaired) electrons. The van der Waals surface area contributed by atoms with E-state index in [-0.39, 0.29) is 28.2 Å². The zero-order chi connectivity index (χ0) is 18.1. The van der Waals surface area contributed by atoms with E-state index in [1.807, 2.05) is 0 Å². The van der Waals surface area contributed by atoms with Crippen LogP contribution in [0.3, 0.4) is 0 Å². The molecule has 25 heavy (non-hydrogen) atoms. The minimum atomic E-state index is -0.512. The zero-order valence-corrected chi connectivity index (χ0v) is 13.8. The van der Waals surface area contributed by atoms with Crippen LogP contribution in [0.1, 0.15) is 0 Å². The van der Waals surface area contributed by atoms with Gasteiger partial charge in [-0.3, -0.25) is 4.79 Å². The molecule has 2 aromatic carbocycles. The highest BCUT2D eigenvalue weighted by atomic mass is 16.5. The fourth-order valence-corrected chi connectivity index (χ4v) is 2.62. The van der Waals surface area contributed by atoms with Crippen LogP contribution < -0.4 is 19.6 Å². The largest absolute Gasteiger partial charge is 0.504 e. The smallest absolute Gasteiger partial charge is 0.208 e. The number of ether oxygens (including phenoxy) is 3. The molecule has 0 spiro atoms. The average molecular weight is 344 g/mol. The first-order chi connectivity index (χ1) is 12.0. The van der Waals surface area contributed by atoms with Crippen LogP contribution in [0, 0.1) is 0 Å². The molecule has 0 saturated heterocycles. The van der Waals surface area contributed by atoms with Gasteiger partial charge in [0, 0.05) is 11.6 Å². The van der Waals surface area contributed by atoms with E-state index >= 15 is 0 Å². The van der Waals surface area contributed by atoms with Crippen molar-refractivity contribution in [2.24, 2.45) is 0 Å². The van der Waals surface area contributed by atoms with Crippen LogP contribution in [0.25, 0.3) is 22.3 Å². The summed E-state index contributed by atoms with van der Waals surface area (Å²) < 4.78 is 21.0. The fourth-order valence-electron chi connectivity index (χ4n) is 2.62. The Balaban J connectivity index is 2.38. The minimum Gasteiger partial charge on any atom is -0.504 e. The third-order valence-electron chi connectivity index (χ3n) is 3.80. The van der Waals surface area contributed by atoms with Crippen molar-refractivity contribution in [1.82, 2.24) is 0 Å². The molecule has 0 aliphatic rings. The van der Waals surface area contributed by atoms with E-state index in [1.54, 1.807) is 24.3 Å². The van der Waals surface area contributed by atoms with Gasteiger partial charge in [0.25, 0.3) is 0 Å². The van der Waals surface area contributed by atoms with E-state index in [2.05, 4.69) is 0 Å². The number of fused-ring (bicyclic) bond motifs is 1. The molecular weight excluding hydrogens is 328 g/mol. The number of phenols is 2. The van der Waals surface area contributed by atoms with Gasteiger partial charge in [0.15, 0.2) is 16.8 Å². The number of aromatic hydroxyl groups is 2. The number of hydrogen-bond acceptors (Lipinski definition) is 7. The van der Waals surface area contributed by atoms with Gasteiger partial charge in [-0.05, 0) is 12.1 Å². The minimum absolute atomic E-state index is 0.0800. The van der Waals surface area contributed by atoms with E-state index in [1.165, 1.54) is 27.4 Å². The monoisotopic (exact) mass is 344 g/mol. The quantitative estimate of drug-likeness (QED) is 0.751. The second-order valence-electron chi connectivity index (χ2n) is 5.17. The maximum Gasteiger partial charge on any atom is 0.208 e. The Labute approximate surface area is 142 Å². The summed E-state index contributed by atoms with van der Waals surface area (Å²) in [6.07, 6.45) is 0. The first kappa shape index (κ1) is 16.5. The molecule has 2 N–H and O–H groups in total. The van der Waals surface area contributed by atoms with Gasteiger partial charge in [-0.1, -0.05) is 12.1 Å². The summed E-state index contributed by atoms with van der Waals surface area (Å²) in [5, 5.41) is 20.3. The molecule has 7 nitrogen and oxygen atoms in total. The molecule has 0 aliphatic carbocycles. The van der Waals surface area contributed by atoms with Gasteiger partial charge in [-0.2, -0.15) is 0 Å². The second-order valence-corrected chi connectivity index (χ2v) is 5.17. The Morgan fingerprint density at radius 3 is 2.28 bits per heavy atom. The lowest BCUT2D eigenvalue weighted by Crippen LogP contribution is -2.03. The Hall–Kier alpha value is -3.35. The van der Waals surface area contributed by atoms with Crippen LogP contribution >= 0.6 is 0 Å². The van der Waals surface area contributed by atoms with Gasteiger partial charge in [0.2, 0.25) is 17.2 Å². The molecule has 0 bridgehead atoms. The Morgan fingerprint density at radius 2 is 1.64 bits per heavy atom. The number of rotatable bonds is 4. The van der Waals surface area contributed by atoms with Crippen molar-refractivity contribution in [1.29, 1.82) is 0 Å². The van der Waals surface area contributed by atoms with Crippen molar-refractivity contribution >= 4 is 11.0 Å². The van der Waals surface area contributed by atoms with Gasteiger partial charge in [0.1, 0.15) is 16.9 Å². The lowest BCUT2D eigenvalue weighted by molar-refractivity contribution is 0.323. The van der Waals surface area contributed by atoms with Crippen LogP contribution in [0.4, 0.5) is 0 Å². The predicted octanol–water partition coefficient (Wildman–Crippen LogP) is 2.90. The first-order valence-electron chi connectivity index (χ1n) is 7.30. The Morgan fingerprint density at radius 1 is 0.920 bits per heavy atom. The van der Waals surface area contributed by atoms with E-state index in [0.29, 0.717) is 11.3 Å². The fraction of sp³-hybridized carbons (Fsp3) is 0.167. The topological polar surface area (TPSA) is 98.4 Å². The maximum atomic E-state index is 12.6. The molecule has 7 heteroatoms. The lowest BCUT2D eigenvalue weighted by atomic mass is 10.1. The second kappa shape index (κ2) is 6.27. The third-order valence-corrected chi connectivity index (χ3v) is 3.80. The van der Waals surface area contributed by atoms with E-state index in [9.17, 15) is 15.0 Å². The molecular formula is C18H16O7. The molecule has 130 valence electrons. The predicted molar refractivity (Wildman–Crippen MR) is 90.9 cm³/mol. The van der Waals surface area contributed by atoms with E-state index < -0.39 is 16.9 Å². The standard InChI is InChI=1S/C18H16O7/c1-22-10-6-4-5-9(7-10)12-8-11(19)13-14(20)17(23-2)15(21)18(24-3)16(13)25-12/h4-8,20-21H,1-3H3. The van der Waals surface area contributed by atoms with Crippen LogP contribution in [0.2, 0.25) is 0 Å². The molecule has 0 aliphatic heterocycles. The van der Waals surface area contributed by atoms with Gasteiger partial charge >= 0.3 is 0 Å². The van der Waals surface area contributed by atoms with E-state index in [4.69, 9.17) is 18.6 Å². The molecule has 1 heterocycles. The first-order valence-corrected chi connectivity index (χ1v) is 7.30. The van der Waals surface area contributed by atoms with Crippen LogP contribution in [0.15, 0.2) is 39.5 Å². The summed E-state index contributed by atoms with van der Waals surface area (Å²) in [7, 11) is 4.09. The zero-order valence-electron chi connectivity index (χ0n) is 13.8. The van der Waals surface area contributed by atoms with E-state index in [0.717, 1.165) is 0 Å². The highest BCUT2D eigenvalue weighted by Gasteiger charge is 2.25. The van der Waals surface area contributed by atoms with Gasteiger partial charge in [-0.15, -0.1) is 0 Å². The molecule has 0 amide bonds. The van der Waals surface area contributed by atoms with Crippen LogP contribution in [-0.4, -0.2) is 31.5 Å². The van der Waals surface area contributed by atoms with Crippen molar-refractivity contribution in [2.75, 3.05) is 21.3 Å². The SMILES string of the molecule is COc1cccc(-c2cc(=O)c3c(O)c(OC)c(O)c(OC)c3o2)c1. The van der Waals surface area contributed by atoms with Gasteiger partial charge in [-0.25, -0.2) is 0 Å². The summed E-state index contributed by atoms with van der Waals surface area (Å²) in [4.78, 5) is 12.6. The maximum absolute atomic E-state index is 12.6. The van der Waals surface area contributed by atoms with Crippen molar-refractivity contribution < 1.29 is 28.8 Å². The molecule has 0 unspecified atom stereocenters. The summed E-state index contributed by atoms with van der Waals surface area (Å²) >= 11 is 0. The lowest BCUT2D eigenvalue weighted by Gasteiger charge is -2.13. The van der Waals surface area contributed by atoms with Crippen molar-refractivity contribution in [3.63, 3.8) is 0 Å². The molecule has 3 rings (SSSR count). The van der Waals surface area contributed by atoms with Crippen molar-refractivity contribution in [3.05, 3.63) is 40.6 Å². The number of hydrogen-bond donors (Lipinski definition) is 2. The van der Waals surface area contributed by atoms with Crippen molar-refractivity contribution in [2.45, 2.75) is 0 Å². The molecule has 0 atom stereocenters. The molecule has 0 fully saturated rings. The summed E-state index contributed by atoms with van der Waals surface area (Å²) in [5.41, 5.74) is 0.00647. The normalized spacial score (nSPS) is 10.7. The highest BCUT2D eigenvalue weighted by Crippen LogP contribution is 2.49. The summed E-state index contributed by atoms with van der Waals surface area (Å²) in [6.45, 7) is 0. The molecule has 1 aromatic heterocycles. The van der Waals surface area contributed by atoms with Gasteiger partial charge < -0.3 is 28.8 Å². The third kappa shape index (κ3) is 2.59. The Bertz CT molecular complexity index is 1000. The molecule has 0 saturated carbocycles. The molecule has 3 aromatic rings. The van der Waals surface area contributed by atoms with Crippen molar-refractivity contribution in [3.8, 4) is 40.1 Å². The number of methoxy groups -OCH3 is 3.